The Balaban J connectivity index is 1.39. The van der Waals surface area contributed by atoms with Gasteiger partial charge in [-0.05, 0) is 42.0 Å². The SMILES string of the molecule is CS(=O)(=O)NCc1csc2c1S(=O)(=O)N=C(C1=C(O)[C@@H]3[C@@H]4CC[C@@H](C4)[C@@H]3N(Cc3ccccc3)C1=O)N2. The lowest BCUT2D eigenvalue weighted by atomic mass is 9.77. The van der Waals surface area contributed by atoms with E-state index in [2.05, 4.69) is 14.4 Å². The summed E-state index contributed by atoms with van der Waals surface area (Å²) in [6.45, 7) is 0.146. The predicted molar refractivity (Wildman–Crippen MR) is 139 cm³/mol. The third-order valence-electron chi connectivity index (χ3n) is 7.75. The monoisotopic (exact) mass is 562 g/mol. The van der Waals surface area contributed by atoms with Crippen molar-refractivity contribution in [3.05, 3.63) is 58.2 Å². The minimum atomic E-state index is -4.27. The zero-order valence-electron chi connectivity index (χ0n) is 19.9. The normalized spacial score (nSPS) is 28.1. The van der Waals surface area contributed by atoms with Crippen LogP contribution in [0.4, 0.5) is 5.00 Å². The van der Waals surface area contributed by atoms with Crippen molar-refractivity contribution in [3.63, 3.8) is 0 Å². The summed E-state index contributed by atoms with van der Waals surface area (Å²) < 4.78 is 55.7. The Kier molecular flexibility index (Phi) is 5.75. The van der Waals surface area contributed by atoms with E-state index in [0.717, 1.165) is 42.4 Å². The summed E-state index contributed by atoms with van der Waals surface area (Å²) in [6, 6.07) is 9.47. The average Bonchev–Trinajstić information content (AvgIpc) is 3.55. The Bertz CT molecular complexity index is 1560. The number of benzene rings is 1. The number of thiophene rings is 1. The van der Waals surface area contributed by atoms with Gasteiger partial charge in [0.1, 0.15) is 21.2 Å². The van der Waals surface area contributed by atoms with Gasteiger partial charge in [0.2, 0.25) is 10.0 Å². The Morgan fingerprint density at radius 1 is 1.22 bits per heavy atom. The molecular weight excluding hydrogens is 536 g/mol. The standard InChI is InChI=1S/C24H26N4O6S3/c1-36(31,32)25-10-16-12-35-23-21(16)37(33,34)27-22(26-23)18-20(29)17-14-7-8-15(9-14)19(17)28(24(18)30)11-13-5-3-2-4-6-13/h2-6,12,14-15,17,19,25,29H,7-11H2,1H3,(H,26,27)/t14-,15+,17-,19+/m1/s1. The summed E-state index contributed by atoms with van der Waals surface area (Å²) in [6.07, 6.45) is 3.88. The quantitative estimate of drug-likeness (QED) is 0.491. The number of nitrogens with zero attached hydrogens (tertiary/aromatic N) is 2. The lowest BCUT2D eigenvalue weighted by Gasteiger charge is -2.44. The fourth-order valence-electron chi connectivity index (χ4n) is 6.32. The number of fused-ring (bicyclic) bond motifs is 6. The summed E-state index contributed by atoms with van der Waals surface area (Å²) in [5.41, 5.74) is 1.10. The predicted octanol–water partition coefficient (Wildman–Crippen LogP) is 2.58. The molecule has 2 aliphatic carbocycles. The van der Waals surface area contributed by atoms with E-state index < -0.39 is 26.0 Å². The minimum absolute atomic E-state index is 0.0908. The summed E-state index contributed by atoms with van der Waals surface area (Å²) >= 11 is 1.07. The van der Waals surface area contributed by atoms with Gasteiger partial charge in [-0.25, -0.2) is 13.1 Å². The van der Waals surface area contributed by atoms with Gasteiger partial charge in [-0.3, -0.25) is 4.79 Å². The topological polar surface area (TPSA) is 145 Å². The summed E-state index contributed by atoms with van der Waals surface area (Å²) in [5.74, 6) is -0.476. The molecule has 1 aromatic carbocycles. The number of amides is 1. The fourth-order valence-corrected chi connectivity index (χ4v) is 9.34. The largest absolute Gasteiger partial charge is 0.511 e. The van der Waals surface area contributed by atoms with Gasteiger partial charge in [0.15, 0.2) is 5.84 Å². The molecule has 2 aliphatic heterocycles. The second kappa shape index (κ2) is 8.65. The molecule has 2 fully saturated rings. The second-order valence-electron chi connectivity index (χ2n) is 10.1. The van der Waals surface area contributed by atoms with Gasteiger partial charge in [-0.2, -0.15) is 8.42 Å². The van der Waals surface area contributed by atoms with Crippen molar-refractivity contribution in [1.82, 2.24) is 9.62 Å². The molecule has 0 saturated heterocycles. The molecule has 1 aromatic heterocycles. The molecule has 1 amide bonds. The molecule has 2 saturated carbocycles. The Morgan fingerprint density at radius 3 is 2.68 bits per heavy atom. The van der Waals surface area contributed by atoms with Gasteiger partial charge in [-0.15, -0.1) is 15.7 Å². The number of hydrogen-bond donors (Lipinski definition) is 3. The number of anilines is 1. The third-order valence-corrected chi connectivity index (χ3v) is 10.9. The molecule has 3 N–H and O–H groups in total. The molecule has 196 valence electrons. The molecule has 37 heavy (non-hydrogen) atoms. The van der Waals surface area contributed by atoms with E-state index in [9.17, 15) is 26.7 Å². The first-order valence-electron chi connectivity index (χ1n) is 12.0. The highest BCUT2D eigenvalue weighted by Gasteiger charge is 2.57. The van der Waals surface area contributed by atoms with Crippen LogP contribution in [0.15, 0.2) is 56.3 Å². The number of carbonyl (C=O) groups is 1. The summed E-state index contributed by atoms with van der Waals surface area (Å²) in [5, 5.41) is 16.1. The smallest absolute Gasteiger partial charge is 0.287 e. The van der Waals surface area contributed by atoms with E-state index in [-0.39, 0.29) is 57.1 Å². The number of sulfonamides is 2. The highest BCUT2D eigenvalue weighted by atomic mass is 32.2. The number of rotatable bonds is 6. The third kappa shape index (κ3) is 4.17. The average molecular weight is 563 g/mol. The number of carbonyl (C=O) groups excluding carboxylic acids is 1. The zero-order chi connectivity index (χ0) is 26.1. The van der Waals surface area contributed by atoms with Crippen molar-refractivity contribution < 1.29 is 26.7 Å². The van der Waals surface area contributed by atoms with Gasteiger partial charge in [0.25, 0.3) is 15.9 Å². The van der Waals surface area contributed by atoms with Crippen molar-refractivity contribution in [2.45, 2.75) is 43.3 Å². The number of nitrogens with one attached hydrogen (secondary N) is 2. The fraction of sp³-hybridized carbons (Fsp3) is 0.417. The van der Waals surface area contributed by atoms with E-state index >= 15 is 0 Å². The van der Waals surface area contributed by atoms with E-state index in [1.54, 1.807) is 4.90 Å². The number of aliphatic hydroxyl groups excluding tert-OH is 1. The van der Waals surface area contributed by atoms with E-state index in [1.807, 2.05) is 30.3 Å². The lowest BCUT2D eigenvalue weighted by molar-refractivity contribution is -0.134. The molecule has 13 heteroatoms. The van der Waals surface area contributed by atoms with Crippen molar-refractivity contribution in [2.24, 2.45) is 22.2 Å². The molecule has 0 unspecified atom stereocenters. The molecule has 0 spiro atoms. The first-order valence-corrected chi connectivity index (χ1v) is 16.2. The Labute approximate surface area is 219 Å². The lowest BCUT2D eigenvalue weighted by Crippen LogP contribution is -2.53. The molecule has 2 aromatic rings. The van der Waals surface area contributed by atoms with Crippen LogP contribution < -0.4 is 10.0 Å². The van der Waals surface area contributed by atoms with Crippen molar-refractivity contribution >= 4 is 48.1 Å². The van der Waals surface area contributed by atoms with Crippen LogP contribution in [0.2, 0.25) is 0 Å². The summed E-state index contributed by atoms with van der Waals surface area (Å²) in [4.78, 5) is 15.6. The van der Waals surface area contributed by atoms with Crippen LogP contribution in [0.5, 0.6) is 0 Å². The van der Waals surface area contributed by atoms with Crippen LogP contribution in [0.25, 0.3) is 0 Å². The van der Waals surface area contributed by atoms with E-state index in [0.29, 0.717) is 12.5 Å². The van der Waals surface area contributed by atoms with E-state index in [4.69, 9.17) is 0 Å². The van der Waals surface area contributed by atoms with Gasteiger partial charge >= 0.3 is 0 Å². The first kappa shape index (κ1) is 24.6. The molecule has 6 rings (SSSR count). The van der Waals surface area contributed by atoms with Crippen molar-refractivity contribution in [1.29, 1.82) is 0 Å². The van der Waals surface area contributed by atoms with Crippen LogP contribution in [0.3, 0.4) is 0 Å². The van der Waals surface area contributed by atoms with Gasteiger partial charge in [0, 0.05) is 30.6 Å². The van der Waals surface area contributed by atoms with Gasteiger partial charge in [-0.1, -0.05) is 30.3 Å². The van der Waals surface area contributed by atoms with Crippen LogP contribution in [-0.2, 0) is 37.9 Å². The number of hydrogen-bond acceptors (Lipinski definition) is 8. The van der Waals surface area contributed by atoms with Crippen molar-refractivity contribution in [3.8, 4) is 0 Å². The highest BCUT2D eigenvalue weighted by Crippen LogP contribution is 2.55. The van der Waals surface area contributed by atoms with Crippen molar-refractivity contribution in [2.75, 3.05) is 11.6 Å². The Morgan fingerprint density at radius 2 is 1.95 bits per heavy atom. The van der Waals surface area contributed by atoms with Gasteiger partial charge in [0.05, 0.1) is 6.26 Å². The summed E-state index contributed by atoms with van der Waals surface area (Å²) in [7, 11) is -7.80. The van der Waals surface area contributed by atoms with E-state index in [1.165, 1.54) is 5.38 Å². The van der Waals surface area contributed by atoms with Crippen LogP contribution >= 0.6 is 11.3 Å². The maximum Gasteiger partial charge on any atom is 0.287 e. The van der Waals surface area contributed by atoms with Gasteiger partial charge < -0.3 is 15.3 Å². The molecule has 3 heterocycles. The first-order chi connectivity index (χ1) is 17.5. The second-order valence-corrected chi connectivity index (χ2v) is 14.3. The van der Waals surface area contributed by atoms with Crippen LogP contribution in [0, 0.1) is 17.8 Å². The molecular formula is C24H26N4O6S3. The number of aliphatic hydroxyl groups is 1. The molecule has 4 aliphatic rings. The zero-order valence-corrected chi connectivity index (χ0v) is 22.4. The minimum Gasteiger partial charge on any atom is -0.511 e. The molecule has 4 atom stereocenters. The maximum absolute atomic E-state index is 13.9. The Hall–Kier alpha value is -2.74. The van der Waals surface area contributed by atoms with Crippen LogP contribution in [0.1, 0.15) is 30.4 Å². The van der Waals surface area contributed by atoms with Crippen LogP contribution in [-0.4, -0.2) is 50.9 Å². The number of amidine groups is 1. The maximum atomic E-state index is 13.9. The molecule has 10 nitrogen and oxygen atoms in total. The highest BCUT2D eigenvalue weighted by molar-refractivity contribution is 7.91. The molecule has 0 radical (unpaired) electrons. The molecule has 2 bridgehead atoms.